The van der Waals surface area contributed by atoms with Crippen molar-refractivity contribution in [2.45, 2.75) is 0 Å². The van der Waals surface area contributed by atoms with E-state index >= 15 is 0 Å². The van der Waals surface area contributed by atoms with Gasteiger partial charge in [0.2, 0.25) is 0 Å². The van der Waals surface area contributed by atoms with Gasteiger partial charge >= 0.3 is 0 Å². The molecular weight excluding hydrogens is 615 g/mol. The lowest BCUT2D eigenvalue weighted by atomic mass is 9.93. The van der Waals surface area contributed by atoms with Crippen molar-refractivity contribution in [3.63, 3.8) is 0 Å². The molecule has 0 aliphatic heterocycles. The van der Waals surface area contributed by atoms with Gasteiger partial charge in [-0.25, -0.2) is 0 Å². The number of hydrogen-bond donors (Lipinski definition) is 0. The van der Waals surface area contributed by atoms with Crippen molar-refractivity contribution in [1.82, 2.24) is 0 Å². The second-order valence-electron chi connectivity index (χ2n) is 13.3. The molecule has 0 aliphatic rings. The average Bonchev–Trinajstić information content (AvgIpc) is 3.21. The molecule has 10 aromatic rings. The fourth-order valence-corrected chi connectivity index (χ4v) is 8.00. The molecule has 0 aliphatic carbocycles. The van der Waals surface area contributed by atoms with Crippen LogP contribution in [0, 0.1) is 0 Å². The molecule has 0 saturated heterocycles. The summed E-state index contributed by atoms with van der Waals surface area (Å²) in [4.78, 5) is 2.42. The lowest BCUT2D eigenvalue weighted by Crippen LogP contribution is -2.10. The maximum atomic E-state index is 2.42. The third-order valence-electron chi connectivity index (χ3n) is 10.4. The molecule has 0 atom stereocenters. The number of anilines is 3. The van der Waals surface area contributed by atoms with Gasteiger partial charge in [0.15, 0.2) is 0 Å². The Kier molecular flexibility index (Phi) is 6.89. The first-order chi connectivity index (χ1) is 25.3. The van der Waals surface area contributed by atoms with Crippen LogP contribution < -0.4 is 4.90 Å². The molecule has 0 N–H and O–H groups in total. The van der Waals surface area contributed by atoms with Gasteiger partial charge in [0.05, 0.1) is 5.69 Å². The Morgan fingerprint density at radius 1 is 0.255 bits per heavy atom. The smallest absolute Gasteiger partial charge is 0.0540 e. The molecule has 1 heteroatoms. The SMILES string of the molecule is c1ccc(-c2cccc(N(c3ccc(-c4cc5ccccc5c5ccccc45)cc3)c3cccc4c3ccc3c5ccccc5ccc43)c2)cc1. The van der Waals surface area contributed by atoms with Gasteiger partial charge in [0.1, 0.15) is 0 Å². The predicted molar refractivity (Wildman–Crippen MR) is 220 cm³/mol. The molecule has 238 valence electrons. The summed E-state index contributed by atoms with van der Waals surface area (Å²) in [6.45, 7) is 0. The maximum absolute atomic E-state index is 2.42. The Labute approximate surface area is 297 Å². The zero-order valence-corrected chi connectivity index (χ0v) is 28.0. The van der Waals surface area contributed by atoms with Crippen LogP contribution >= 0.6 is 0 Å². The summed E-state index contributed by atoms with van der Waals surface area (Å²) in [5, 5.41) is 12.7. The van der Waals surface area contributed by atoms with E-state index in [9.17, 15) is 0 Å². The number of fused-ring (bicyclic) bond motifs is 8. The fourth-order valence-electron chi connectivity index (χ4n) is 8.00. The van der Waals surface area contributed by atoms with E-state index in [1.54, 1.807) is 0 Å². The van der Waals surface area contributed by atoms with Crippen molar-refractivity contribution in [3.05, 3.63) is 200 Å². The highest BCUT2D eigenvalue weighted by Gasteiger charge is 2.18. The summed E-state index contributed by atoms with van der Waals surface area (Å²) >= 11 is 0. The van der Waals surface area contributed by atoms with Crippen molar-refractivity contribution in [3.8, 4) is 22.3 Å². The third kappa shape index (κ3) is 4.94. The largest absolute Gasteiger partial charge is 0.310 e. The van der Waals surface area contributed by atoms with Crippen LogP contribution in [0.1, 0.15) is 0 Å². The van der Waals surface area contributed by atoms with E-state index in [0.717, 1.165) is 17.1 Å². The van der Waals surface area contributed by atoms with Gasteiger partial charge in [-0.1, -0.05) is 164 Å². The number of hydrogen-bond acceptors (Lipinski definition) is 1. The number of nitrogens with zero attached hydrogens (tertiary/aromatic N) is 1. The quantitative estimate of drug-likeness (QED) is 0.168. The maximum Gasteiger partial charge on any atom is 0.0540 e. The topological polar surface area (TPSA) is 3.24 Å². The van der Waals surface area contributed by atoms with Gasteiger partial charge in [0, 0.05) is 16.8 Å². The van der Waals surface area contributed by atoms with Crippen LogP contribution in [0.3, 0.4) is 0 Å². The zero-order valence-electron chi connectivity index (χ0n) is 28.0. The van der Waals surface area contributed by atoms with E-state index in [2.05, 4.69) is 205 Å². The Morgan fingerprint density at radius 2 is 0.804 bits per heavy atom. The zero-order chi connectivity index (χ0) is 33.7. The van der Waals surface area contributed by atoms with Gasteiger partial charge in [-0.2, -0.15) is 0 Å². The first-order valence-electron chi connectivity index (χ1n) is 17.6. The van der Waals surface area contributed by atoms with E-state index in [4.69, 9.17) is 0 Å². The van der Waals surface area contributed by atoms with Crippen LogP contribution in [0.25, 0.3) is 76.1 Å². The minimum atomic E-state index is 1.11. The van der Waals surface area contributed by atoms with Crippen molar-refractivity contribution in [2.24, 2.45) is 0 Å². The van der Waals surface area contributed by atoms with Gasteiger partial charge < -0.3 is 4.90 Å². The van der Waals surface area contributed by atoms with Crippen LogP contribution in [0.15, 0.2) is 200 Å². The summed E-state index contributed by atoms with van der Waals surface area (Å²) in [6, 6.07) is 73.0. The van der Waals surface area contributed by atoms with Crippen molar-refractivity contribution >= 4 is 70.9 Å². The second kappa shape index (κ2) is 12.0. The molecule has 10 aromatic carbocycles. The van der Waals surface area contributed by atoms with Crippen molar-refractivity contribution in [2.75, 3.05) is 4.90 Å². The normalized spacial score (nSPS) is 11.5. The summed E-state index contributed by atoms with van der Waals surface area (Å²) in [5.41, 5.74) is 8.22. The minimum Gasteiger partial charge on any atom is -0.310 e. The highest BCUT2D eigenvalue weighted by Crippen LogP contribution is 2.43. The van der Waals surface area contributed by atoms with Gasteiger partial charge in [-0.15, -0.1) is 0 Å². The number of rotatable bonds is 5. The van der Waals surface area contributed by atoms with Crippen LogP contribution in [0.5, 0.6) is 0 Å². The fraction of sp³-hybridized carbons (Fsp3) is 0. The molecule has 0 saturated carbocycles. The van der Waals surface area contributed by atoms with Crippen LogP contribution in [-0.4, -0.2) is 0 Å². The molecular formula is C50H33N. The average molecular weight is 648 g/mol. The molecule has 10 rings (SSSR count). The third-order valence-corrected chi connectivity index (χ3v) is 10.4. The van der Waals surface area contributed by atoms with Crippen molar-refractivity contribution < 1.29 is 0 Å². The second-order valence-corrected chi connectivity index (χ2v) is 13.3. The van der Waals surface area contributed by atoms with Crippen LogP contribution in [-0.2, 0) is 0 Å². The summed E-state index contributed by atoms with van der Waals surface area (Å²) in [7, 11) is 0. The van der Waals surface area contributed by atoms with E-state index in [1.807, 2.05) is 0 Å². The first-order valence-corrected chi connectivity index (χ1v) is 17.6. The van der Waals surface area contributed by atoms with E-state index in [0.29, 0.717) is 0 Å². The molecule has 0 fully saturated rings. The van der Waals surface area contributed by atoms with Crippen LogP contribution in [0.4, 0.5) is 17.1 Å². The lowest BCUT2D eigenvalue weighted by Gasteiger charge is -2.28. The minimum absolute atomic E-state index is 1.11. The van der Waals surface area contributed by atoms with Crippen LogP contribution in [0.2, 0.25) is 0 Å². The molecule has 0 bridgehead atoms. The highest BCUT2D eigenvalue weighted by atomic mass is 15.1. The Morgan fingerprint density at radius 3 is 1.63 bits per heavy atom. The Hall–Kier alpha value is -6.70. The monoisotopic (exact) mass is 647 g/mol. The molecule has 0 heterocycles. The van der Waals surface area contributed by atoms with Gasteiger partial charge in [0.25, 0.3) is 0 Å². The highest BCUT2D eigenvalue weighted by molar-refractivity contribution is 6.20. The van der Waals surface area contributed by atoms with E-state index in [1.165, 1.54) is 76.1 Å². The summed E-state index contributed by atoms with van der Waals surface area (Å²) < 4.78 is 0. The molecule has 0 amide bonds. The molecule has 0 aromatic heterocycles. The Balaban J connectivity index is 1.17. The van der Waals surface area contributed by atoms with Gasteiger partial charge in [-0.3, -0.25) is 0 Å². The molecule has 1 nitrogen and oxygen atoms in total. The van der Waals surface area contributed by atoms with Gasteiger partial charge in [-0.05, 0) is 107 Å². The standard InChI is InChI=1S/C50H33N/c1-2-12-34(13-3-1)37-16-10-17-40(32-37)51(50-23-11-22-44-47-29-26-35-14-4-6-18-41(35)46(47)30-31-48(44)50)39-27-24-36(25-28-39)49-33-38-15-5-7-19-42(38)43-20-8-9-21-45(43)49/h1-33H. The number of benzene rings is 10. The van der Waals surface area contributed by atoms with Crippen molar-refractivity contribution in [1.29, 1.82) is 0 Å². The van der Waals surface area contributed by atoms with E-state index in [-0.39, 0.29) is 0 Å². The Bertz CT molecular complexity index is 2900. The first kappa shape index (κ1) is 29.2. The predicted octanol–water partition coefficient (Wildman–Crippen LogP) is 14.3. The van der Waals surface area contributed by atoms with E-state index < -0.39 is 0 Å². The molecule has 51 heavy (non-hydrogen) atoms. The molecule has 0 unspecified atom stereocenters. The summed E-state index contributed by atoms with van der Waals surface area (Å²) in [5.74, 6) is 0. The molecule has 0 radical (unpaired) electrons. The lowest BCUT2D eigenvalue weighted by molar-refractivity contribution is 1.30. The summed E-state index contributed by atoms with van der Waals surface area (Å²) in [6.07, 6.45) is 0. The molecule has 0 spiro atoms.